The number of rotatable bonds is 3. The van der Waals surface area contributed by atoms with Crippen molar-refractivity contribution in [2.24, 2.45) is 10.9 Å². The van der Waals surface area contributed by atoms with E-state index in [1.807, 2.05) is 0 Å². The highest BCUT2D eigenvalue weighted by atomic mass is 16.5. The average molecular weight is 264 g/mol. The Bertz CT molecular complexity index is 466. The molecule has 0 bridgehead atoms. The van der Waals surface area contributed by atoms with Crippen molar-refractivity contribution >= 4 is 11.7 Å². The van der Waals surface area contributed by atoms with Crippen molar-refractivity contribution in [3.8, 4) is 0 Å². The largest absolute Gasteiger partial charge is 0.409 e. The maximum atomic E-state index is 11.9. The predicted octanol–water partition coefficient (Wildman–Crippen LogP) is 0.0849. The summed E-state index contributed by atoms with van der Waals surface area (Å²) >= 11 is 0. The summed E-state index contributed by atoms with van der Waals surface area (Å²) in [6.45, 7) is 1.28. The van der Waals surface area contributed by atoms with Gasteiger partial charge in [0, 0.05) is 18.4 Å². The van der Waals surface area contributed by atoms with Gasteiger partial charge in [0.05, 0.1) is 12.6 Å². The quantitative estimate of drug-likeness (QED) is 0.310. The number of amidine groups is 1. The number of nitrogens with two attached hydrogens (primary N) is 1. The van der Waals surface area contributed by atoms with Crippen LogP contribution in [0.3, 0.4) is 0 Å². The molecule has 1 aromatic heterocycles. The van der Waals surface area contributed by atoms with Crippen LogP contribution in [0.5, 0.6) is 0 Å². The molecule has 19 heavy (non-hydrogen) atoms. The molecule has 2 rings (SSSR count). The molecule has 1 fully saturated rings. The van der Waals surface area contributed by atoms with Crippen LogP contribution in [-0.4, -0.2) is 41.2 Å². The van der Waals surface area contributed by atoms with Crippen molar-refractivity contribution in [1.29, 1.82) is 0 Å². The molecule has 0 aliphatic carbocycles. The molecule has 7 nitrogen and oxygen atoms in total. The molecule has 0 saturated carbocycles. The number of nitrogens with zero attached hydrogens (tertiary/aromatic N) is 2. The SMILES string of the molecule is NC(=NO)c1ccc(C(=O)NC2CCCOC2)nc1. The zero-order chi connectivity index (χ0) is 13.7. The first-order valence-electron chi connectivity index (χ1n) is 6.03. The van der Waals surface area contributed by atoms with E-state index < -0.39 is 0 Å². The van der Waals surface area contributed by atoms with Gasteiger partial charge in [0.15, 0.2) is 5.84 Å². The summed E-state index contributed by atoms with van der Waals surface area (Å²) in [5.74, 6) is -0.290. The van der Waals surface area contributed by atoms with Crippen LogP contribution in [0.15, 0.2) is 23.5 Å². The van der Waals surface area contributed by atoms with Gasteiger partial charge in [-0.2, -0.15) is 0 Å². The molecule has 4 N–H and O–H groups in total. The molecule has 2 heterocycles. The number of ether oxygens (including phenoxy) is 1. The van der Waals surface area contributed by atoms with Crippen LogP contribution in [0.4, 0.5) is 0 Å². The van der Waals surface area contributed by atoms with E-state index in [1.165, 1.54) is 12.3 Å². The maximum Gasteiger partial charge on any atom is 0.270 e. The Morgan fingerprint density at radius 2 is 2.42 bits per heavy atom. The normalized spacial score (nSPS) is 20.0. The summed E-state index contributed by atoms with van der Waals surface area (Å²) in [6, 6.07) is 3.15. The van der Waals surface area contributed by atoms with Crippen molar-refractivity contribution in [1.82, 2.24) is 10.3 Å². The molecule has 1 saturated heterocycles. The third-order valence-corrected chi connectivity index (χ3v) is 2.90. The van der Waals surface area contributed by atoms with Crippen LogP contribution < -0.4 is 11.1 Å². The standard InChI is InChI=1S/C12H16N4O3/c13-11(16-18)8-3-4-10(14-6-8)12(17)15-9-2-1-5-19-7-9/h3-4,6,9,18H,1-2,5,7H2,(H2,13,16)(H,15,17). The van der Waals surface area contributed by atoms with E-state index in [2.05, 4.69) is 15.5 Å². The Morgan fingerprint density at radius 1 is 1.58 bits per heavy atom. The van der Waals surface area contributed by atoms with E-state index in [9.17, 15) is 4.79 Å². The third kappa shape index (κ3) is 3.41. The Hall–Kier alpha value is -2.15. The second-order valence-corrected chi connectivity index (χ2v) is 4.30. The maximum absolute atomic E-state index is 11.9. The minimum atomic E-state index is -0.249. The number of nitrogens with one attached hydrogen (secondary N) is 1. The lowest BCUT2D eigenvalue weighted by atomic mass is 10.1. The lowest BCUT2D eigenvalue weighted by Gasteiger charge is -2.22. The smallest absolute Gasteiger partial charge is 0.270 e. The van der Waals surface area contributed by atoms with Crippen LogP contribution in [-0.2, 0) is 4.74 Å². The molecule has 1 aliphatic rings. The zero-order valence-electron chi connectivity index (χ0n) is 10.4. The van der Waals surface area contributed by atoms with Crippen molar-refractivity contribution in [2.75, 3.05) is 13.2 Å². The second-order valence-electron chi connectivity index (χ2n) is 4.30. The Labute approximate surface area is 110 Å². The van der Waals surface area contributed by atoms with Crippen molar-refractivity contribution < 1.29 is 14.7 Å². The van der Waals surface area contributed by atoms with Gasteiger partial charge in [-0.1, -0.05) is 5.16 Å². The summed E-state index contributed by atoms with van der Waals surface area (Å²) in [6.07, 6.45) is 3.25. The summed E-state index contributed by atoms with van der Waals surface area (Å²) < 4.78 is 5.29. The lowest BCUT2D eigenvalue weighted by Crippen LogP contribution is -2.40. The Morgan fingerprint density at radius 3 is 3.00 bits per heavy atom. The van der Waals surface area contributed by atoms with Crippen LogP contribution in [0, 0.1) is 0 Å². The van der Waals surface area contributed by atoms with Gasteiger partial charge in [-0.25, -0.2) is 0 Å². The highest BCUT2D eigenvalue weighted by Crippen LogP contribution is 2.07. The minimum absolute atomic E-state index is 0.0341. The Balaban J connectivity index is 1.99. The second kappa shape index (κ2) is 6.14. The van der Waals surface area contributed by atoms with E-state index in [1.54, 1.807) is 6.07 Å². The molecule has 0 spiro atoms. The fraction of sp³-hybridized carbons (Fsp3) is 0.417. The molecule has 1 aliphatic heterocycles. The first kappa shape index (κ1) is 13.3. The Kier molecular flexibility index (Phi) is 4.30. The van der Waals surface area contributed by atoms with Crippen LogP contribution in [0.25, 0.3) is 0 Å². The van der Waals surface area contributed by atoms with Gasteiger partial charge >= 0.3 is 0 Å². The molecular formula is C12H16N4O3. The molecule has 1 amide bonds. The van der Waals surface area contributed by atoms with Gasteiger partial charge in [-0.3, -0.25) is 9.78 Å². The van der Waals surface area contributed by atoms with Crippen molar-refractivity contribution in [2.45, 2.75) is 18.9 Å². The van der Waals surface area contributed by atoms with Gasteiger partial charge in [0.2, 0.25) is 0 Å². The topological polar surface area (TPSA) is 110 Å². The lowest BCUT2D eigenvalue weighted by molar-refractivity contribution is 0.0622. The third-order valence-electron chi connectivity index (χ3n) is 2.90. The number of oxime groups is 1. The predicted molar refractivity (Wildman–Crippen MR) is 68.1 cm³/mol. The van der Waals surface area contributed by atoms with Crippen molar-refractivity contribution in [3.63, 3.8) is 0 Å². The average Bonchev–Trinajstić information content (AvgIpc) is 2.47. The minimum Gasteiger partial charge on any atom is -0.409 e. The highest BCUT2D eigenvalue weighted by molar-refractivity contribution is 5.98. The van der Waals surface area contributed by atoms with E-state index in [0.29, 0.717) is 17.9 Å². The fourth-order valence-corrected chi connectivity index (χ4v) is 1.85. The molecule has 1 unspecified atom stereocenters. The van der Waals surface area contributed by atoms with E-state index in [-0.39, 0.29) is 17.8 Å². The van der Waals surface area contributed by atoms with Crippen LogP contribution in [0.1, 0.15) is 28.9 Å². The van der Waals surface area contributed by atoms with Crippen LogP contribution >= 0.6 is 0 Å². The molecule has 102 valence electrons. The molecule has 7 heteroatoms. The van der Waals surface area contributed by atoms with E-state index >= 15 is 0 Å². The number of amides is 1. The molecule has 0 aromatic carbocycles. The number of pyridine rings is 1. The summed E-state index contributed by atoms with van der Waals surface area (Å²) in [5.41, 5.74) is 6.16. The van der Waals surface area contributed by atoms with Gasteiger partial charge in [0.1, 0.15) is 5.69 Å². The van der Waals surface area contributed by atoms with Gasteiger partial charge in [-0.05, 0) is 25.0 Å². The monoisotopic (exact) mass is 264 g/mol. The summed E-state index contributed by atoms with van der Waals surface area (Å²) in [5, 5.41) is 14.2. The zero-order valence-corrected chi connectivity index (χ0v) is 10.4. The summed E-state index contributed by atoms with van der Waals surface area (Å²) in [4.78, 5) is 15.9. The van der Waals surface area contributed by atoms with E-state index in [4.69, 9.17) is 15.7 Å². The first-order valence-corrected chi connectivity index (χ1v) is 6.03. The molecular weight excluding hydrogens is 248 g/mol. The number of hydrogen-bond donors (Lipinski definition) is 3. The molecule has 1 aromatic rings. The van der Waals surface area contributed by atoms with Gasteiger partial charge in [0.25, 0.3) is 5.91 Å². The fourth-order valence-electron chi connectivity index (χ4n) is 1.85. The first-order chi connectivity index (χ1) is 9.20. The number of hydrogen-bond acceptors (Lipinski definition) is 5. The number of carbonyl (C=O) groups excluding carboxylic acids is 1. The highest BCUT2D eigenvalue weighted by Gasteiger charge is 2.17. The van der Waals surface area contributed by atoms with Crippen molar-refractivity contribution in [3.05, 3.63) is 29.6 Å². The van der Waals surface area contributed by atoms with Gasteiger partial charge < -0.3 is 21.0 Å². The molecule has 0 radical (unpaired) electrons. The number of carbonyl (C=O) groups is 1. The number of aromatic nitrogens is 1. The van der Waals surface area contributed by atoms with Gasteiger partial charge in [-0.15, -0.1) is 0 Å². The summed E-state index contributed by atoms with van der Waals surface area (Å²) in [7, 11) is 0. The van der Waals surface area contributed by atoms with Crippen LogP contribution in [0.2, 0.25) is 0 Å². The molecule has 1 atom stereocenters. The van der Waals surface area contributed by atoms with E-state index in [0.717, 1.165) is 19.4 Å².